The third kappa shape index (κ3) is 3.88. The Morgan fingerprint density at radius 2 is 2.05 bits per heavy atom. The Labute approximate surface area is 140 Å². The van der Waals surface area contributed by atoms with Gasteiger partial charge in [0, 0.05) is 17.6 Å². The van der Waals surface area contributed by atoms with Crippen molar-refractivity contribution < 1.29 is 8.42 Å². The van der Waals surface area contributed by atoms with Gasteiger partial charge >= 0.3 is 0 Å². The third-order valence-electron chi connectivity index (χ3n) is 3.53. The maximum atomic E-state index is 12.5. The lowest BCUT2D eigenvalue weighted by Gasteiger charge is -2.24. The number of likely N-dealkylation sites (N-methyl/N-ethyl adjacent to an activating group) is 1. The highest BCUT2D eigenvalue weighted by molar-refractivity contribution is 7.89. The Bertz CT molecular complexity index is 728. The maximum absolute atomic E-state index is 12.5. The number of hydrogen-bond acceptors (Lipinski definition) is 4. The maximum Gasteiger partial charge on any atom is 0.240 e. The highest BCUT2D eigenvalue weighted by atomic mass is 35.5. The van der Waals surface area contributed by atoms with Gasteiger partial charge in [0.25, 0.3) is 0 Å². The van der Waals surface area contributed by atoms with Gasteiger partial charge in [0.1, 0.15) is 0 Å². The fourth-order valence-corrected chi connectivity index (χ4v) is 4.45. The largest absolute Gasteiger partial charge is 0.301 e. The minimum absolute atomic E-state index is 0.0134. The first-order valence-electron chi connectivity index (χ1n) is 6.76. The normalized spacial score (nSPS) is 13.5. The summed E-state index contributed by atoms with van der Waals surface area (Å²) in [5, 5.41) is 4.47. The van der Waals surface area contributed by atoms with Crippen LogP contribution in [0.15, 0.2) is 39.9 Å². The topological polar surface area (TPSA) is 49.4 Å². The first-order chi connectivity index (χ1) is 10.3. The van der Waals surface area contributed by atoms with E-state index >= 15 is 0 Å². The van der Waals surface area contributed by atoms with Crippen molar-refractivity contribution in [1.29, 1.82) is 0 Å². The molecule has 0 aliphatic rings. The van der Waals surface area contributed by atoms with Gasteiger partial charge in [-0.2, -0.15) is 11.3 Å². The van der Waals surface area contributed by atoms with Gasteiger partial charge in [0.2, 0.25) is 10.0 Å². The molecule has 0 radical (unpaired) electrons. The summed E-state index contributed by atoms with van der Waals surface area (Å²) in [6.45, 7) is 2.01. The molecule has 2 rings (SSSR count). The summed E-state index contributed by atoms with van der Waals surface area (Å²) in [6, 6.07) is 6.89. The van der Waals surface area contributed by atoms with E-state index in [1.54, 1.807) is 36.5 Å². The first kappa shape index (κ1) is 17.4. The molecule has 0 aliphatic carbocycles. The molecule has 0 unspecified atom stereocenters. The van der Waals surface area contributed by atoms with Crippen LogP contribution in [-0.2, 0) is 10.0 Å². The van der Waals surface area contributed by atoms with Crippen molar-refractivity contribution in [2.75, 3.05) is 20.6 Å². The second-order valence-corrected chi connectivity index (χ2v) is 8.17. The summed E-state index contributed by atoms with van der Waals surface area (Å²) < 4.78 is 27.7. The lowest BCUT2D eigenvalue weighted by atomic mass is 10.1. The molecular weight excluding hydrogens is 340 g/mol. The Morgan fingerprint density at radius 1 is 1.32 bits per heavy atom. The average molecular weight is 359 g/mol. The molecule has 0 saturated heterocycles. The molecule has 2 aromatic rings. The Hall–Kier alpha value is -0.920. The van der Waals surface area contributed by atoms with Crippen molar-refractivity contribution in [3.63, 3.8) is 0 Å². The summed E-state index contributed by atoms with van der Waals surface area (Å²) in [7, 11) is 0.273. The molecule has 0 amide bonds. The van der Waals surface area contributed by atoms with Gasteiger partial charge in [-0.05, 0) is 61.1 Å². The van der Waals surface area contributed by atoms with Crippen LogP contribution in [0, 0.1) is 6.92 Å². The van der Waals surface area contributed by atoms with Crippen LogP contribution in [0.1, 0.15) is 17.2 Å². The summed E-state index contributed by atoms with van der Waals surface area (Å²) in [5.74, 6) is 0. The van der Waals surface area contributed by atoms with E-state index in [1.807, 2.05) is 35.8 Å². The zero-order valence-electron chi connectivity index (χ0n) is 12.7. The predicted octanol–water partition coefficient (Wildman–Crippen LogP) is 3.29. The molecule has 0 spiro atoms. The molecular formula is C15H19ClN2O2S2. The molecule has 0 saturated carbocycles. The number of nitrogens with zero attached hydrogens (tertiary/aromatic N) is 1. The number of halogens is 1. The zero-order chi connectivity index (χ0) is 16.3. The SMILES string of the molecule is Cc1c(Cl)cccc1S(=O)(=O)NC[C@H](c1ccsc1)N(C)C. The van der Waals surface area contributed by atoms with E-state index in [0.29, 0.717) is 17.1 Å². The zero-order valence-corrected chi connectivity index (χ0v) is 15.1. The Kier molecular flexibility index (Phi) is 5.63. The van der Waals surface area contributed by atoms with E-state index in [0.717, 1.165) is 5.56 Å². The number of rotatable bonds is 6. The molecule has 7 heteroatoms. The van der Waals surface area contributed by atoms with Crippen molar-refractivity contribution in [2.45, 2.75) is 17.9 Å². The predicted molar refractivity (Wildman–Crippen MR) is 92.1 cm³/mol. The van der Waals surface area contributed by atoms with Crippen molar-refractivity contribution in [3.05, 3.63) is 51.2 Å². The monoisotopic (exact) mass is 358 g/mol. The molecule has 1 heterocycles. The molecule has 120 valence electrons. The fraction of sp³-hybridized carbons (Fsp3) is 0.333. The second kappa shape index (κ2) is 7.10. The molecule has 0 fully saturated rings. The Balaban J connectivity index is 2.20. The standard InChI is InChI=1S/C15H19ClN2O2S2/c1-11-13(16)5-4-6-15(11)22(19,20)17-9-14(18(2)3)12-7-8-21-10-12/h4-8,10,14,17H,9H2,1-3H3/t14-/m1/s1. The highest BCUT2D eigenvalue weighted by Gasteiger charge is 2.21. The van der Waals surface area contributed by atoms with Crippen LogP contribution in [0.5, 0.6) is 0 Å². The van der Waals surface area contributed by atoms with Gasteiger partial charge in [-0.25, -0.2) is 13.1 Å². The summed E-state index contributed by atoms with van der Waals surface area (Å²) in [6.07, 6.45) is 0. The van der Waals surface area contributed by atoms with E-state index in [-0.39, 0.29) is 10.9 Å². The summed E-state index contributed by atoms with van der Waals surface area (Å²) >= 11 is 7.61. The number of nitrogens with one attached hydrogen (secondary N) is 1. The second-order valence-electron chi connectivity index (χ2n) is 5.25. The molecule has 0 bridgehead atoms. The minimum Gasteiger partial charge on any atom is -0.301 e. The average Bonchev–Trinajstić information content (AvgIpc) is 2.95. The summed E-state index contributed by atoms with van der Waals surface area (Å²) in [4.78, 5) is 2.22. The van der Waals surface area contributed by atoms with Gasteiger partial charge in [0.05, 0.1) is 4.90 Å². The van der Waals surface area contributed by atoms with Gasteiger partial charge in [-0.1, -0.05) is 17.7 Å². The van der Waals surface area contributed by atoms with Crippen molar-refractivity contribution in [3.8, 4) is 0 Å². The van der Waals surface area contributed by atoms with Crippen LogP contribution in [0.4, 0.5) is 0 Å². The lowest BCUT2D eigenvalue weighted by molar-refractivity contribution is 0.300. The quantitative estimate of drug-likeness (QED) is 0.862. The minimum atomic E-state index is -3.59. The van der Waals surface area contributed by atoms with E-state index in [4.69, 9.17) is 11.6 Å². The molecule has 4 nitrogen and oxygen atoms in total. The van der Waals surface area contributed by atoms with E-state index in [9.17, 15) is 8.42 Å². The highest BCUT2D eigenvalue weighted by Crippen LogP contribution is 2.24. The first-order valence-corrected chi connectivity index (χ1v) is 9.56. The van der Waals surface area contributed by atoms with Crippen LogP contribution in [0.25, 0.3) is 0 Å². The molecule has 1 atom stereocenters. The van der Waals surface area contributed by atoms with Crippen LogP contribution in [0.2, 0.25) is 5.02 Å². The van der Waals surface area contributed by atoms with Crippen molar-refractivity contribution >= 4 is 33.0 Å². The third-order valence-corrected chi connectivity index (χ3v) is 6.20. The van der Waals surface area contributed by atoms with E-state index < -0.39 is 10.0 Å². The Morgan fingerprint density at radius 3 is 2.64 bits per heavy atom. The molecule has 22 heavy (non-hydrogen) atoms. The number of sulfonamides is 1. The molecule has 1 N–H and O–H groups in total. The smallest absolute Gasteiger partial charge is 0.240 e. The van der Waals surface area contributed by atoms with Gasteiger partial charge in [-0.3, -0.25) is 0 Å². The van der Waals surface area contributed by atoms with E-state index in [1.165, 1.54) is 0 Å². The van der Waals surface area contributed by atoms with Crippen molar-refractivity contribution in [2.24, 2.45) is 0 Å². The van der Waals surface area contributed by atoms with E-state index in [2.05, 4.69) is 4.72 Å². The number of benzene rings is 1. The van der Waals surface area contributed by atoms with Crippen LogP contribution in [-0.4, -0.2) is 34.0 Å². The van der Waals surface area contributed by atoms with Gasteiger partial charge < -0.3 is 4.90 Å². The molecule has 1 aromatic heterocycles. The van der Waals surface area contributed by atoms with Crippen LogP contribution < -0.4 is 4.72 Å². The lowest BCUT2D eigenvalue weighted by Crippen LogP contribution is -2.34. The fourth-order valence-electron chi connectivity index (χ4n) is 2.21. The summed E-state index contributed by atoms with van der Waals surface area (Å²) in [5.41, 5.74) is 1.66. The van der Waals surface area contributed by atoms with Gasteiger partial charge in [-0.15, -0.1) is 0 Å². The number of hydrogen-bond donors (Lipinski definition) is 1. The van der Waals surface area contributed by atoms with Crippen LogP contribution >= 0.6 is 22.9 Å². The number of thiophene rings is 1. The van der Waals surface area contributed by atoms with Crippen molar-refractivity contribution in [1.82, 2.24) is 9.62 Å². The van der Waals surface area contributed by atoms with Crippen LogP contribution in [0.3, 0.4) is 0 Å². The molecule has 0 aliphatic heterocycles. The van der Waals surface area contributed by atoms with Gasteiger partial charge in [0.15, 0.2) is 0 Å². The molecule has 1 aromatic carbocycles.